The topological polar surface area (TPSA) is 117 Å². The van der Waals surface area contributed by atoms with E-state index >= 15 is 8.78 Å². The lowest BCUT2D eigenvalue weighted by molar-refractivity contribution is -0.128. The minimum absolute atomic E-state index is 0.0119. The summed E-state index contributed by atoms with van der Waals surface area (Å²) in [6.07, 6.45) is 2.99. The van der Waals surface area contributed by atoms with Gasteiger partial charge in [-0.05, 0) is 49.5 Å². The summed E-state index contributed by atoms with van der Waals surface area (Å²) < 4.78 is 41.0. The van der Waals surface area contributed by atoms with Gasteiger partial charge < -0.3 is 14.2 Å². The first-order valence-corrected chi connectivity index (χ1v) is 16.1. The minimum Gasteiger partial charge on any atom is -0.407 e. The van der Waals surface area contributed by atoms with Gasteiger partial charge in [-0.1, -0.05) is 40.3 Å². The minimum atomic E-state index is -0.977. The number of oxazole rings is 1. The van der Waals surface area contributed by atoms with Gasteiger partial charge in [0.2, 0.25) is 5.91 Å². The molecule has 1 amide bonds. The second kappa shape index (κ2) is 11.2. The van der Waals surface area contributed by atoms with Crippen LogP contribution >= 0.6 is 0 Å². The molecule has 48 heavy (non-hydrogen) atoms. The summed E-state index contributed by atoms with van der Waals surface area (Å²) in [5.41, 5.74) is 2.16. The maximum atomic E-state index is 17.7. The van der Waals surface area contributed by atoms with Crippen molar-refractivity contribution in [3.05, 3.63) is 92.2 Å². The van der Waals surface area contributed by atoms with Crippen LogP contribution in [0.3, 0.4) is 0 Å². The van der Waals surface area contributed by atoms with E-state index in [4.69, 9.17) is 4.42 Å². The third kappa shape index (κ3) is 4.52. The summed E-state index contributed by atoms with van der Waals surface area (Å²) >= 11 is 0. The molecule has 2 aliphatic heterocycles. The Kier molecular flexibility index (Phi) is 7.37. The molecular formula is C36H36F2N6O4. The number of piperazine rings is 1. The van der Waals surface area contributed by atoms with E-state index in [0.29, 0.717) is 47.0 Å². The molecule has 3 aromatic heterocycles. The lowest BCUT2D eigenvalue weighted by Gasteiger charge is -2.43. The van der Waals surface area contributed by atoms with E-state index in [1.54, 1.807) is 24.0 Å². The van der Waals surface area contributed by atoms with Crippen molar-refractivity contribution in [3.63, 3.8) is 0 Å². The molecule has 248 valence electrons. The van der Waals surface area contributed by atoms with Crippen LogP contribution in [0.5, 0.6) is 0 Å². The summed E-state index contributed by atoms with van der Waals surface area (Å²) in [6.45, 7) is 15.6. The van der Waals surface area contributed by atoms with Crippen LogP contribution in [0.2, 0.25) is 0 Å². The van der Waals surface area contributed by atoms with Gasteiger partial charge in [0, 0.05) is 42.1 Å². The SMILES string of the molecule is C=CC(=O)N1CC2Cc3c(c4cc(F)c(-c5c(C)ccc6[nH]c(=O)oc56)c(F)c4n(-c4c(C(C)C)ncnc4C(C)C)c3=O)N2CC1C. The third-order valence-electron chi connectivity index (χ3n) is 9.69. The normalized spacial score (nSPS) is 17.5. The lowest BCUT2D eigenvalue weighted by atomic mass is 9.95. The molecule has 2 atom stereocenters. The number of H-pyrrole nitrogens is 1. The second-order valence-corrected chi connectivity index (χ2v) is 13.4. The van der Waals surface area contributed by atoms with Crippen LogP contribution in [0.4, 0.5) is 14.5 Å². The zero-order chi connectivity index (χ0) is 34.3. The number of amides is 1. The molecule has 10 nitrogen and oxygen atoms in total. The predicted molar refractivity (Wildman–Crippen MR) is 180 cm³/mol. The van der Waals surface area contributed by atoms with Gasteiger partial charge in [-0.3, -0.25) is 19.1 Å². The summed E-state index contributed by atoms with van der Waals surface area (Å²) in [4.78, 5) is 55.3. The Balaban J connectivity index is 1.63. The van der Waals surface area contributed by atoms with Crippen LogP contribution in [-0.4, -0.2) is 55.5 Å². The van der Waals surface area contributed by atoms with Crippen LogP contribution in [0.15, 0.2) is 51.2 Å². The number of pyridine rings is 1. The largest absolute Gasteiger partial charge is 0.417 e. The molecule has 1 N–H and O–H groups in total. The van der Waals surface area contributed by atoms with Gasteiger partial charge in [0.15, 0.2) is 11.4 Å². The van der Waals surface area contributed by atoms with Crippen molar-refractivity contribution < 1.29 is 18.0 Å². The quantitative estimate of drug-likeness (QED) is 0.236. The molecule has 0 bridgehead atoms. The van der Waals surface area contributed by atoms with Crippen molar-refractivity contribution in [2.45, 2.75) is 71.9 Å². The number of halogens is 2. The van der Waals surface area contributed by atoms with E-state index in [1.165, 1.54) is 23.0 Å². The number of rotatable bonds is 5. The smallest absolute Gasteiger partial charge is 0.407 e. The Morgan fingerprint density at radius 1 is 1.06 bits per heavy atom. The first-order valence-electron chi connectivity index (χ1n) is 16.1. The first-order chi connectivity index (χ1) is 22.8. The van der Waals surface area contributed by atoms with Crippen LogP contribution in [0, 0.1) is 18.6 Å². The van der Waals surface area contributed by atoms with Gasteiger partial charge in [-0.2, -0.15) is 0 Å². The number of hydrogen-bond acceptors (Lipinski definition) is 7. The fourth-order valence-corrected chi connectivity index (χ4v) is 7.51. The molecule has 1 fully saturated rings. The third-order valence-corrected chi connectivity index (χ3v) is 9.69. The van der Waals surface area contributed by atoms with E-state index in [-0.39, 0.29) is 63.8 Å². The molecular weight excluding hydrogens is 618 g/mol. The molecule has 7 rings (SSSR count). The van der Waals surface area contributed by atoms with Crippen molar-refractivity contribution >= 4 is 33.6 Å². The Labute approximate surface area is 274 Å². The Morgan fingerprint density at radius 2 is 1.75 bits per heavy atom. The summed E-state index contributed by atoms with van der Waals surface area (Å²) in [5.74, 6) is -3.17. The van der Waals surface area contributed by atoms with E-state index in [2.05, 4.69) is 21.5 Å². The van der Waals surface area contributed by atoms with Crippen molar-refractivity contribution in [2.24, 2.45) is 0 Å². The molecule has 0 aliphatic carbocycles. The maximum absolute atomic E-state index is 17.7. The van der Waals surface area contributed by atoms with Crippen LogP contribution in [0.1, 0.15) is 69.0 Å². The highest BCUT2D eigenvalue weighted by molar-refractivity contribution is 6.02. The molecule has 5 aromatic rings. The van der Waals surface area contributed by atoms with E-state index in [1.807, 2.05) is 39.5 Å². The zero-order valence-electron chi connectivity index (χ0n) is 27.6. The van der Waals surface area contributed by atoms with Crippen molar-refractivity contribution in [1.82, 2.24) is 24.4 Å². The molecule has 0 saturated carbocycles. The number of fused-ring (bicyclic) bond motifs is 6. The highest BCUT2D eigenvalue weighted by Gasteiger charge is 2.42. The molecule has 2 aromatic carbocycles. The Morgan fingerprint density at radius 3 is 2.40 bits per heavy atom. The zero-order valence-corrected chi connectivity index (χ0v) is 27.6. The summed E-state index contributed by atoms with van der Waals surface area (Å²) in [7, 11) is 0. The second-order valence-electron chi connectivity index (χ2n) is 13.4. The van der Waals surface area contributed by atoms with Gasteiger partial charge in [-0.15, -0.1) is 0 Å². The van der Waals surface area contributed by atoms with Gasteiger partial charge in [0.1, 0.15) is 12.1 Å². The molecule has 2 aliphatic rings. The maximum Gasteiger partial charge on any atom is 0.417 e. The number of nitrogens with zero attached hydrogens (tertiary/aromatic N) is 5. The fourth-order valence-electron chi connectivity index (χ4n) is 7.51. The number of benzene rings is 2. The van der Waals surface area contributed by atoms with Crippen LogP contribution in [-0.2, 0) is 11.2 Å². The van der Waals surface area contributed by atoms with Gasteiger partial charge in [0.05, 0.1) is 45.4 Å². The number of nitrogens with one attached hydrogen (secondary N) is 1. The molecule has 1 saturated heterocycles. The van der Waals surface area contributed by atoms with Crippen LogP contribution < -0.4 is 16.2 Å². The lowest BCUT2D eigenvalue weighted by Crippen LogP contribution is -2.57. The number of carbonyl (C=O) groups is 1. The number of anilines is 1. The number of aryl methyl sites for hydroxylation is 1. The molecule has 12 heteroatoms. The molecule has 0 spiro atoms. The number of hydrogen-bond donors (Lipinski definition) is 1. The summed E-state index contributed by atoms with van der Waals surface area (Å²) in [5, 5.41) is 0.218. The van der Waals surface area contributed by atoms with E-state index in [9.17, 15) is 14.4 Å². The first kappa shape index (κ1) is 31.5. The van der Waals surface area contributed by atoms with E-state index in [0.717, 1.165) is 0 Å². The van der Waals surface area contributed by atoms with Gasteiger partial charge in [-0.25, -0.2) is 23.5 Å². The van der Waals surface area contributed by atoms with Gasteiger partial charge >= 0.3 is 5.76 Å². The standard InChI is InChI=1S/C36H36F2N6O4/c1-8-25(45)42-14-20-11-22-31(43(20)13-19(42)7)21-12-23(37)27(26-18(6)9-10-24-34(26)48-36(47)41-24)28(38)32(21)44(35(22)46)33-29(16(2)3)39-15-40-30(33)17(4)5/h8-10,12,15-17,19-20H,1,11,13-14H2,2-7H3,(H,41,47). The monoisotopic (exact) mass is 654 g/mol. The van der Waals surface area contributed by atoms with Crippen molar-refractivity contribution in [1.29, 1.82) is 0 Å². The molecule has 5 heterocycles. The average molecular weight is 655 g/mol. The molecule has 0 radical (unpaired) electrons. The van der Waals surface area contributed by atoms with Crippen molar-refractivity contribution in [3.8, 4) is 16.8 Å². The highest BCUT2D eigenvalue weighted by atomic mass is 19.1. The molecule has 2 unspecified atom stereocenters. The number of carbonyl (C=O) groups excluding carboxylic acids is 1. The fraction of sp³-hybridized carbons (Fsp3) is 0.361. The predicted octanol–water partition coefficient (Wildman–Crippen LogP) is 5.86. The number of aromatic nitrogens is 4. The highest BCUT2D eigenvalue weighted by Crippen LogP contribution is 2.45. The van der Waals surface area contributed by atoms with Gasteiger partial charge in [0.25, 0.3) is 5.56 Å². The average Bonchev–Trinajstić information content (AvgIpc) is 3.61. The Bertz CT molecular complexity index is 2280. The number of aromatic amines is 1. The van der Waals surface area contributed by atoms with E-state index < -0.39 is 28.5 Å². The Hall–Kier alpha value is -5.13. The van der Waals surface area contributed by atoms with Crippen LogP contribution in [0.25, 0.3) is 38.8 Å². The van der Waals surface area contributed by atoms with Crippen molar-refractivity contribution in [2.75, 3.05) is 18.0 Å². The summed E-state index contributed by atoms with van der Waals surface area (Å²) in [6, 6.07) is 4.00.